The fourth-order valence-electron chi connectivity index (χ4n) is 1.55. The van der Waals surface area contributed by atoms with Gasteiger partial charge in [-0.3, -0.25) is 4.90 Å². The predicted molar refractivity (Wildman–Crippen MR) is 60.7 cm³/mol. The largest absolute Gasteiger partial charge is 0.395 e. The molecule has 1 rings (SSSR count). The Kier molecular flexibility index (Phi) is 5.47. The van der Waals surface area contributed by atoms with Gasteiger partial charge in [0.1, 0.15) is 11.6 Å². The SMILES string of the molecule is CN(CCc1cc(F)ccc1F)C(CO)CO. The third-order valence-corrected chi connectivity index (χ3v) is 2.79. The van der Waals surface area contributed by atoms with Crippen LogP contribution in [-0.2, 0) is 6.42 Å². The summed E-state index contributed by atoms with van der Waals surface area (Å²) in [4.78, 5) is 1.71. The summed E-state index contributed by atoms with van der Waals surface area (Å²) in [6.45, 7) is 0.101. The highest BCUT2D eigenvalue weighted by Gasteiger charge is 2.13. The Morgan fingerprint density at radius 3 is 2.47 bits per heavy atom. The lowest BCUT2D eigenvalue weighted by atomic mass is 10.1. The van der Waals surface area contributed by atoms with Crippen molar-refractivity contribution >= 4 is 0 Å². The van der Waals surface area contributed by atoms with Gasteiger partial charge >= 0.3 is 0 Å². The maximum atomic E-state index is 13.3. The molecule has 0 radical (unpaired) electrons. The molecule has 1 aromatic rings. The second-order valence-electron chi connectivity index (χ2n) is 3.99. The molecule has 0 bridgehead atoms. The van der Waals surface area contributed by atoms with Gasteiger partial charge in [-0.05, 0) is 37.2 Å². The molecular weight excluding hydrogens is 228 g/mol. The second kappa shape index (κ2) is 6.64. The van der Waals surface area contributed by atoms with Crippen molar-refractivity contribution in [2.45, 2.75) is 12.5 Å². The van der Waals surface area contributed by atoms with Crippen molar-refractivity contribution in [3.05, 3.63) is 35.4 Å². The minimum atomic E-state index is -0.468. The summed E-state index contributed by atoms with van der Waals surface area (Å²) in [6.07, 6.45) is 0.330. The topological polar surface area (TPSA) is 43.7 Å². The van der Waals surface area contributed by atoms with Gasteiger partial charge in [-0.1, -0.05) is 0 Å². The average molecular weight is 245 g/mol. The quantitative estimate of drug-likeness (QED) is 0.779. The molecule has 0 atom stereocenters. The van der Waals surface area contributed by atoms with E-state index in [1.54, 1.807) is 11.9 Å². The third kappa shape index (κ3) is 4.03. The van der Waals surface area contributed by atoms with Gasteiger partial charge in [0, 0.05) is 6.54 Å². The molecule has 17 heavy (non-hydrogen) atoms. The fourth-order valence-corrected chi connectivity index (χ4v) is 1.55. The van der Waals surface area contributed by atoms with Crippen LogP contribution < -0.4 is 0 Å². The van der Waals surface area contributed by atoms with E-state index in [0.717, 1.165) is 18.2 Å². The van der Waals surface area contributed by atoms with Crippen LogP contribution in [0.2, 0.25) is 0 Å². The zero-order chi connectivity index (χ0) is 12.8. The summed E-state index contributed by atoms with van der Waals surface area (Å²) in [7, 11) is 1.72. The van der Waals surface area contributed by atoms with Gasteiger partial charge in [0.25, 0.3) is 0 Å². The van der Waals surface area contributed by atoms with Crippen LogP contribution in [0.4, 0.5) is 8.78 Å². The molecule has 5 heteroatoms. The van der Waals surface area contributed by atoms with Crippen molar-refractivity contribution in [2.24, 2.45) is 0 Å². The molecule has 1 aromatic carbocycles. The molecular formula is C12H17F2NO2. The molecule has 0 aliphatic rings. The number of aliphatic hydroxyl groups excluding tert-OH is 2. The lowest BCUT2D eigenvalue weighted by Gasteiger charge is -2.24. The van der Waals surface area contributed by atoms with E-state index in [2.05, 4.69) is 0 Å². The molecule has 0 aliphatic carbocycles. The summed E-state index contributed by atoms with van der Waals surface area (Å²) >= 11 is 0. The van der Waals surface area contributed by atoms with E-state index in [9.17, 15) is 8.78 Å². The van der Waals surface area contributed by atoms with Crippen LogP contribution in [-0.4, -0.2) is 48.0 Å². The molecule has 0 amide bonds. The summed E-state index contributed by atoms with van der Waals surface area (Å²) in [5.41, 5.74) is 0.298. The first-order valence-corrected chi connectivity index (χ1v) is 5.44. The average Bonchev–Trinajstić information content (AvgIpc) is 2.32. The molecule has 96 valence electrons. The van der Waals surface area contributed by atoms with E-state index in [1.165, 1.54) is 0 Å². The Bertz CT molecular complexity index is 356. The van der Waals surface area contributed by atoms with Gasteiger partial charge in [-0.15, -0.1) is 0 Å². The number of nitrogens with zero attached hydrogens (tertiary/aromatic N) is 1. The number of hydrogen-bond acceptors (Lipinski definition) is 3. The Balaban J connectivity index is 2.57. The highest BCUT2D eigenvalue weighted by Crippen LogP contribution is 2.11. The summed E-state index contributed by atoms with van der Waals surface area (Å²) in [5, 5.41) is 17.9. The number of halogens is 2. The van der Waals surface area contributed by atoms with E-state index in [4.69, 9.17) is 10.2 Å². The normalized spacial score (nSPS) is 11.5. The Morgan fingerprint density at radius 1 is 1.24 bits per heavy atom. The van der Waals surface area contributed by atoms with Gasteiger partial charge in [0.2, 0.25) is 0 Å². The van der Waals surface area contributed by atoms with Crippen molar-refractivity contribution in [3.63, 3.8) is 0 Å². The molecule has 2 N–H and O–H groups in total. The van der Waals surface area contributed by atoms with Crippen molar-refractivity contribution < 1.29 is 19.0 Å². The lowest BCUT2D eigenvalue weighted by Crippen LogP contribution is -2.38. The minimum absolute atomic E-state index is 0.168. The van der Waals surface area contributed by atoms with Crippen molar-refractivity contribution in [1.29, 1.82) is 0 Å². The number of rotatable bonds is 6. The van der Waals surface area contributed by atoms with Gasteiger partial charge < -0.3 is 10.2 Å². The highest BCUT2D eigenvalue weighted by molar-refractivity contribution is 5.19. The van der Waals surface area contributed by atoms with Crippen LogP contribution in [0.1, 0.15) is 5.56 Å². The first-order chi connectivity index (χ1) is 8.08. The number of aliphatic hydroxyl groups is 2. The molecule has 0 saturated heterocycles. The number of likely N-dealkylation sites (N-methyl/N-ethyl adjacent to an activating group) is 1. The van der Waals surface area contributed by atoms with Crippen LogP contribution in [0.15, 0.2) is 18.2 Å². The molecule has 0 aliphatic heterocycles. The zero-order valence-corrected chi connectivity index (χ0v) is 9.74. The minimum Gasteiger partial charge on any atom is -0.395 e. The first kappa shape index (κ1) is 14.0. The fraction of sp³-hybridized carbons (Fsp3) is 0.500. The molecule has 0 heterocycles. The molecule has 0 saturated carbocycles. The predicted octanol–water partition coefficient (Wildman–Crippen LogP) is 0.792. The van der Waals surface area contributed by atoms with Gasteiger partial charge in [0.15, 0.2) is 0 Å². The van der Waals surface area contributed by atoms with Crippen LogP contribution in [0.3, 0.4) is 0 Å². The zero-order valence-electron chi connectivity index (χ0n) is 9.74. The van der Waals surface area contributed by atoms with Gasteiger partial charge in [0.05, 0.1) is 19.3 Å². The second-order valence-corrected chi connectivity index (χ2v) is 3.99. The third-order valence-electron chi connectivity index (χ3n) is 2.79. The lowest BCUT2D eigenvalue weighted by molar-refractivity contribution is 0.0924. The Hall–Kier alpha value is -1.04. The molecule has 0 aromatic heterocycles. The van der Waals surface area contributed by atoms with E-state index < -0.39 is 11.6 Å². The maximum absolute atomic E-state index is 13.3. The summed E-state index contributed by atoms with van der Waals surface area (Å²) in [5.74, 6) is -0.908. The van der Waals surface area contributed by atoms with Crippen LogP contribution in [0.5, 0.6) is 0 Å². The Morgan fingerprint density at radius 2 is 1.88 bits per heavy atom. The molecule has 0 fully saturated rings. The molecule has 0 unspecified atom stereocenters. The molecule has 0 spiro atoms. The summed E-state index contributed by atoms with van der Waals surface area (Å²) in [6, 6.07) is 2.97. The van der Waals surface area contributed by atoms with Crippen LogP contribution in [0, 0.1) is 11.6 Å². The Labute approximate surface area is 99.3 Å². The molecule has 3 nitrogen and oxygen atoms in total. The van der Waals surface area contributed by atoms with E-state index >= 15 is 0 Å². The van der Waals surface area contributed by atoms with Crippen molar-refractivity contribution in [1.82, 2.24) is 4.90 Å². The van der Waals surface area contributed by atoms with E-state index in [1.807, 2.05) is 0 Å². The highest BCUT2D eigenvalue weighted by atomic mass is 19.1. The number of benzene rings is 1. The van der Waals surface area contributed by atoms with Crippen molar-refractivity contribution in [2.75, 3.05) is 26.8 Å². The monoisotopic (exact) mass is 245 g/mol. The summed E-state index contributed by atoms with van der Waals surface area (Å²) < 4.78 is 26.2. The van der Waals surface area contributed by atoms with Crippen LogP contribution in [0.25, 0.3) is 0 Å². The van der Waals surface area contributed by atoms with E-state index in [0.29, 0.717) is 18.5 Å². The maximum Gasteiger partial charge on any atom is 0.126 e. The van der Waals surface area contributed by atoms with E-state index in [-0.39, 0.29) is 19.3 Å². The van der Waals surface area contributed by atoms with Crippen LogP contribution >= 0.6 is 0 Å². The smallest absolute Gasteiger partial charge is 0.126 e. The van der Waals surface area contributed by atoms with Gasteiger partial charge in [-0.25, -0.2) is 8.78 Å². The first-order valence-electron chi connectivity index (χ1n) is 5.44. The standard InChI is InChI=1S/C12H17F2NO2/c1-15(11(7-16)8-17)5-4-9-6-10(13)2-3-12(9)14/h2-3,6,11,16-17H,4-5,7-8H2,1H3. The van der Waals surface area contributed by atoms with Crippen molar-refractivity contribution in [3.8, 4) is 0 Å². The number of hydrogen-bond donors (Lipinski definition) is 2. The van der Waals surface area contributed by atoms with Gasteiger partial charge in [-0.2, -0.15) is 0 Å².